The monoisotopic (exact) mass is 269 g/mol. The molecular weight excluding hydrogens is 250 g/mol. The van der Waals surface area contributed by atoms with Gasteiger partial charge in [-0.3, -0.25) is 4.79 Å². The predicted molar refractivity (Wildman–Crippen MR) is 73.7 cm³/mol. The molecule has 0 saturated heterocycles. The zero-order valence-corrected chi connectivity index (χ0v) is 11.4. The highest BCUT2D eigenvalue weighted by molar-refractivity contribution is 6.30. The molecule has 0 aromatic heterocycles. The Morgan fingerprint density at radius 1 is 1.39 bits per heavy atom. The lowest BCUT2D eigenvalue weighted by Crippen LogP contribution is -2.36. The fraction of sp³-hybridized carbons (Fsp3) is 0.500. The molecule has 1 aromatic rings. The highest BCUT2D eigenvalue weighted by Crippen LogP contribution is 2.11. The zero-order chi connectivity index (χ0) is 13.4. The fourth-order valence-corrected chi connectivity index (χ4v) is 1.81. The molecule has 3 nitrogen and oxygen atoms in total. The molecule has 1 unspecified atom stereocenters. The van der Waals surface area contributed by atoms with Crippen LogP contribution < -0.4 is 5.32 Å². The molecule has 0 radical (unpaired) electrons. The second-order valence-corrected chi connectivity index (χ2v) is 4.77. The number of benzene rings is 1. The van der Waals surface area contributed by atoms with Crippen molar-refractivity contribution in [2.75, 3.05) is 6.61 Å². The van der Waals surface area contributed by atoms with Crippen LogP contribution >= 0.6 is 11.6 Å². The first-order valence-corrected chi connectivity index (χ1v) is 6.68. The van der Waals surface area contributed by atoms with Crippen molar-refractivity contribution in [3.8, 4) is 0 Å². The summed E-state index contributed by atoms with van der Waals surface area (Å²) in [4.78, 5) is 11.6. The Bertz CT molecular complexity index is 361. The van der Waals surface area contributed by atoms with Gasteiger partial charge >= 0.3 is 0 Å². The molecule has 100 valence electrons. The van der Waals surface area contributed by atoms with Crippen molar-refractivity contribution >= 4 is 17.5 Å². The lowest BCUT2D eigenvalue weighted by Gasteiger charge is -2.13. The third-order valence-corrected chi connectivity index (χ3v) is 3.11. The van der Waals surface area contributed by atoms with Gasteiger partial charge in [0.25, 0.3) is 0 Å². The minimum Gasteiger partial charge on any atom is -0.394 e. The summed E-state index contributed by atoms with van der Waals surface area (Å²) in [6.07, 6.45) is 2.90. The Kier molecular flexibility index (Phi) is 6.76. The predicted octanol–water partition coefficient (Wildman–Crippen LogP) is 2.55. The van der Waals surface area contributed by atoms with Crippen molar-refractivity contribution in [1.82, 2.24) is 5.32 Å². The quantitative estimate of drug-likeness (QED) is 0.799. The van der Waals surface area contributed by atoms with E-state index in [1.807, 2.05) is 31.2 Å². The molecule has 1 atom stereocenters. The van der Waals surface area contributed by atoms with Crippen LogP contribution in [0.15, 0.2) is 24.3 Å². The zero-order valence-electron chi connectivity index (χ0n) is 10.7. The van der Waals surface area contributed by atoms with Gasteiger partial charge in [-0.2, -0.15) is 0 Å². The molecule has 1 aromatic carbocycles. The van der Waals surface area contributed by atoms with Gasteiger partial charge in [-0.25, -0.2) is 0 Å². The third-order valence-electron chi connectivity index (χ3n) is 2.86. The number of carbonyl (C=O) groups is 1. The van der Waals surface area contributed by atoms with Gasteiger partial charge in [0.15, 0.2) is 0 Å². The van der Waals surface area contributed by atoms with E-state index in [-0.39, 0.29) is 18.6 Å². The van der Waals surface area contributed by atoms with Crippen LogP contribution in [0.4, 0.5) is 0 Å². The van der Waals surface area contributed by atoms with Gasteiger partial charge in [0, 0.05) is 11.4 Å². The van der Waals surface area contributed by atoms with Crippen LogP contribution in [0.3, 0.4) is 0 Å². The molecule has 0 aliphatic rings. The van der Waals surface area contributed by atoms with Crippen LogP contribution in [0.1, 0.15) is 31.7 Å². The fourth-order valence-electron chi connectivity index (χ4n) is 1.68. The molecule has 0 saturated carbocycles. The number of halogens is 1. The number of hydrogen-bond donors (Lipinski definition) is 2. The lowest BCUT2D eigenvalue weighted by atomic mass is 10.1. The summed E-state index contributed by atoms with van der Waals surface area (Å²) >= 11 is 5.80. The second-order valence-electron chi connectivity index (χ2n) is 4.34. The lowest BCUT2D eigenvalue weighted by molar-refractivity contribution is -0.122. The first-order chi connectivity index (χ1) is 8.65. The summed E-state index contributed by atoms with van der Waals surface area (Å²) in [6.45, 7) is 1.94. The van der Waals surface area contributed by atoms with Crippen LogP contribution in [-0.4, -0.2) is 23.7 Å². The van der Waals surface area contributed by atoms with Crippen LogP contribution in [0.2, 0.25) is 5.02 Å². The number of amides is 1. The van der Waals surface area contributed by atoms with Crippen molar-refractivity contribution in [3.05, 3.63) is 34.9 Å². The minimum atomic E-state index is -0.118. The van der Waals surface area contributed by atoms with E-state index in [0.717, 1.165) is 24.3 Å². The molecule has 0 bridgehead atoms. The average Bonchev–Trinajstić information content (AvgIpc) is 2.38. The first kappa shape index (κ1) is 15.0. The van der Waals surface area contributed by atoms with Gasteiger partial charge in [-0.15, -0.1) is 0 Å². The summed E-state index contributed by atoms with van der Waals surface area (Å²) in [7, 11) is 0. The van der Waals surface area contributed by atoms with Crippen molar-refractivity contribution < 1.29 is 9.90 Å². The van der Waals surface area contributed by atoms with Crippen molar-refractivity contribution in [3.63, 3.8) is 0 Å². The van der Waals surface area contributed by atoms with E-state index < -0.39 is 0 Å². The highest BCUT2D eigenvalue weighted by Gasteiger charge is 2.08. The van der Waals surface area contributed by atoms with Crippen molar-refractivity contribution in [2.45, 2.75) is 38.6 Å². The summed E-state index contributed by atoms with van der Waals surface area (Å²) in [5, 5.41) is 12.5. The van der Waals surface area contributed by atoms with Crippen LogP contribution in [-0.2, 0) is 11.2 Å². The van der Waals surface area contributed by atoms with E-state index in [2.05, 4.69) is 5.32 Å². The summed E-state index contributed by atoms with van der Waals surface area (Å²) in [5.41, 5.74) is 1.18. The SMILES string of the molecule is CCC(CO)NC(=O)CCCc1ccc(Cl)cc1. The molecule has 0 heterocycles. The van der Waals surface area contributed by atoms with E-state index >= 15 is 0 Å². The van der Waals surface area contributed by atoms with Gasteiger partial charge in [0.2, 0.25) is 5.91 Å². The van der Waals surface area contributed by atoms with E-state index in [1.54, 1.807) is 0 Å². The Hall–Kier alpha value is -1.06. The second kappa shape index (κ2) is 8.11. The number of hydrogen-bond acceptors (Lipinski definition) is 2. The minimum absolute atomic E-state index is 0.000571. The van der Waals surface area contributed by atoms with Gasteiger partial charge in [-0.05, 0) is 37.0 Å². The summed E-state index contributed by atoms with van der Waals surface area (Å²) in [6, 6.07) is 7.55. The smallest absolute Gasteiger partial charge is 0.220 e. The van der Waals surface area contributed by atoms with Crippen molar-refractivity contribution in [1.29, 1.82) is 0 Å². The standard InChI is InChI=1S/C14H20ClNO2/c1-2-13(10-17)16-14(18)5-3-4-11-6-8-12(15)9-7-11/h6-9,13,17H,2-5,10H2,1H3,(H,16,18). The molecule has 0 aliphatic heterocycles. The summed E-state index contributed by atoms with van der Waals surface area (Å²) < 4.78 is 0. The molecular formula is C14H20ClNO2. The first-order valence-electron chi connectivity index (χ1n) is 6.30. The van der Waals surface area contributed by atoms with Gasteiger partial charge < -0.3 is 10.4 Å². The molecule has 0 spiro atoms. The highest BCUT2D eigenvalue weighted by atomic mass is 35.5. The van der Waals surface area contributed by atoms with E-state index in [0.29, 0.717) is 6.42 Å². The van der Waals surface area contributed by atoms with Crippen LogP contribution in [0.25, 0.3) is 0 Å². The van der Waals surface area contributed by atoms with Gasteiger partial charge in [0.05, 0.1) is 12.6 Å². The maximum atomic E-state index is 11.6. The Labute approximate surface area is 113 Å². The number of aliphatic hydroxyl groups excluding tert-OH is 1. The van der Waals surface area contributed by atoms with Crippen LogP contribution in [0.5, 0.6) is 0 Å². The number of nitrogens with one attached hydrogen (secondary N) is 1. The topological polar surface area (TPSA) is 49.3 Å². The number of aryl methyl sites for hydroxylation is 1. The van der Waals surface area contributed by atoms with E-state index in [9.17, 15) is 4.79 Å². The molecule has 2 N–H and O–H groups in total. The third kappa shape index (κ3) is 5.52. The molecule has 0 aliphatic carbocycles. The Balaban J connectivity index is 2.25. The molecule has 0 fully saturated rings. The van der Waals surface area contributed by atoms with E-state index in [4.69, 9.17) is 16.7 Å². The number of carbonyl (C=O) groups excluding carboxylic acids is 1. The molecule has 1 amide bonds. The number of rotatable bonds is 7. The van der Waals surface area contributed by atoms with Crippen molar-refractivity contribution in [2.24, 2.45) is 0 Å². The van der Waals surface area contributed by atoms with Crippen LogP contribution in [0, 0.1) is 0 Å². The average molecular weight is 270 g/mol. The Morgan fingerprint density at radius 2 is 2.06 bits per heavy atom. The van der Waals surface area contributed by atoms with Gasteiger partial charge in [-0.1, -0.05) is 30.7 Å². The Morgan fingerprint density at radius 3 is 2.61 bits per heavy atom. The van der Waals surface area contributed by atoms with E-state index in [1.165, 1.54) is 5.56 Å². The molecule has 18 heavy (non-hydrogen) atoms. The maximum absolute atomic E-state index is 11.6. The van der Waals surface area contributed by atoms with Gasteiger partial charge in [0.1, 0.15) is 0 Å². The molecule has 1 rings (SSSR count). The largest absolute Gasteiger partial charge is 0.394 e. The maximum Gasteiger partial charge on any atom is 0.220 e. The normalized spacial score (nSPS) is 12.2. The molecule has 4 heteroatoms. The summed E-state index contributed by atoms with van der Waals surface area (Å²) in [5.74, 6) is 0.00450. The number of aliphatic hydroxyl groups is 1.